The second kappa shape index (κ2) is 7.84. The number of Topliss-reactive ketones (excluding diaryl/α,β-unsaturated/α-hetero) is 1. The molecule has 36 heavy (non-hydrogen) atoms. The first kappa shape index (κ1) is 22.6. The van der Waals surface area contributed by atoms with Gasteiger partial charge < -0.3 is 19.5 Å². The molecule has 3 aliphatic heterocycles. The largest absolute Gasteiger partial charge is 0.417 e. The molecule has 1 aromatic carbocycles. The number of nitrogens with zero attached hydrogens (tertiary/aromatic N) is 3. The number of carbonyl (C=O) groups is 4. The summed E-state index contributed by atoms with van der Waals surface area (Å²) >= 11 is 1.28. The summed E-state index contributed by atoms with van der Waals surface area (Å²) in [4.78, 5) is 57.7. The Labute approximate surface area is 208 Å². The fourth-order valence-corrected chi connectivity index (χ4v) is 6.67. The molecule has 0 saturated carbocycles. The number of carbonyl (C=O) groups excluding carboxylic acids is 4. The monoisotopic (exact) mass is 507 g/mol. The van der Waals surface area contributed by atoms with Gasteiger partial charge in [0, 0.05) is 30.2 Å². The average molecular weight is 508 g/mol. The highest BCUT2D eigenvalue weighted by Gasteiger charge is 2.60. The van der Waals surface area contributed by atoms with Crippen molar-refractivity contribution in [3.63, 3.8) is 0 Å². The first-order valence-electron chi connectivity index (χ1n) is 11.4. The zero-order valence-corrected chi connectivity index (χ0v) is 20.3. The van der Waals surface area contributed by atoms with Crippen molar-refractivity contribution in [3.05, 3.63) is 64.2 Å². The fraction of sp³-hybridized carbons (Fsp3) is 0.320. The van der Waals surface area contributed by atoms with E-state index in [1.54, 1.807) is 41.8 Å². The molecule has 5 atom stereocenters. The molecule has 1 amide bonds. The number of cyclic esters (lactones) is 1. The second-order valence-electron chi connectivity index (χ2n) is 9.20. The molecule has 2 aromatic heterocycles. The van der Waals surface area contributed by atoms with E-state index >= 15 is 0 Å². The summed E-state index contributed by atoms with van der Waals surface area (Å²) in [5.41, 5.74) is 1.69. The smallest absolute Gasteiger partial charge is 0.358 e. The van der Waals surface area contributed by atoms with Gasteiger partial charge in [-0.3, -0.25) is 14.0 Å². The minimum atomic E-state index is -1.24. The molecular weight excluding hydrogens is 486 g/mol. The number of benzene rings is 1. The van der Waals surface area contributed by atoms with Crippen LogP contribution in [-0.4, -0.2) is 55.2 Å². The normalized spacial score (nSPS) is 25.5. The minimum absolute atomic E-state index is 0.0525. The average Bonchev–Trinajstić information content (AvgIpc) is 3.54. The number of β-lactam (4-membered cyclic amide) rings is 1. The van der Waals surface area contributed by atoms with Gasteiger partial charge in [-0.05, 0) is 13.0 Å². The number of aliphatic hydroxyl groups is 1. The van der Waals surface area contributed by atoms with Gasteiger partial charge in [0.15, 0.2) is 5.78 Å². The third-order valence-corrected chi connectivity index (χ3v) is 8.18. The molecule has 11 heteroatoms. The maximum Gasteiger partial charge on any atom is 0.358 e. The van der Waals surface area contributed by atoms with Crippen LogP contribution in [0.1, 0.15) is 58.3 Å². The second-order valence-corrected chi connectivity index (χ2v) is 10.2. The summed E-state index contributed by atoms with van der Waals surface area (Å²) in [6.07, 6.45) is 1.16. The standard InChI is InChI=1S/C25H21N3O7S/c1-10-16(15-8-27-9-26-18(12(3)30)22(27)36-15)20(28-19(10)17(11(2)29)21(28)31)24(33)35-25-14-7-5-4-6-13(14)23(32)34-25/h4-11,17,19,25,29H,1-3H3/t10?,11-,17-,19+,25?/m1/s1. The van der Waals surface area contributed by atoms with Crippen LogP contribution in [0.5, 0.6) is 0 Å². The highest BCUT2D eigenvalue weighted by atomic mass is 32.1. The predicted octanol–water partition coefficient (Wildman–Crippen LogP) is 2.58. The molecular formula is C25H21N3O7S. The van der Waals surface area contributed by atoms with Gasteiger partial charge in [-0.25, -0.2) is 14.6 Å². The molecule has 1 saturated heterocycles. The molecule has 184 valence electrons. The molecule has 0 bridgehead atoms. The Kier molecular flexibility index (Phi) is 4.92. The summed E-state index contributed by atoms with van der Waals surface area (Å²) in [5.74, 6) is -2.93. The molecule has 3 aromatic rings. The maximum atomic E-state index is 13.6. The Morgan fingerprint density at radius 2 is 2.00 bits per heavy atom. The van der Waals surface area contributed by atoms with Crippen LogP contribution in [0.4, 0.5) is 0 Å². The van der Waals surface area contributed by atoms with Gasteiger partial charge in [0.05, 0.1) is 28.5 Å². The zero-order chi connectivity index (χ0) is 25.5. The van der Waals surface area contributed by atoms with E-state index in [0.29, 0.717) is 32.1 Å². The number of rotatable bonds is 5. The van der Waals surface area contributed by atoms with Crippen molar-refractivity contribution in [3.8, 4) is 0 Å². The Morgan fingerprint density at radius 3 is 2.72 bits per heavy atom. The van der Waals surface area contributed by atoms with Crippen LogP contribution in [0.25, 0.3) is 10.4 Å². The number of ether oxygens (including phenoxy) is 2. The van der Waals surface area contributed by atoms with E-state index in [1.807, 2.05) is 6.92 Å². The van der Waals surface area contributed by atoms with Crippen molar-refractivity contribution in [1.29, 1.82) is 0 Å². The molecule has 1 N–H and O–H groups in total. The van der Waals surface area contributed by atoms with Crippen LogP contribution >= 0.6 is 11.3 Å². The Balaban J connectivity index is 1.44. The summed E-state index contributed by atoms with van der Waals surface area (Å²) < 4.78 is 12.6. The Bertz CT molecular complexity index is 1520. The number of esters is 2. The van der Waals surface area contributed by atoms with Gasteiger partial charge in [0.2, 0.25) is 5.91 Å². The van der Waals surface area contributed by atoms with Crippen LogP contribution in [-0.2, 0) is 19.1 Å². The summed E-state index contributed by atoms with van der Waals surface area (Å²) in [6, 6.07) is 6.20. The molecule has 10 nitrogen and oxygen atoms in total. The quantitative estimate of drug-likeness (QED) is 0.317. The van der Waals surface area contributed by atoms with E-state index in [-0.39, 0.29) is 23.3 Å². The number of hydrogen-bond donors (Lipinski definition) is 1. The number of fused-ring (bicyclic) bond motifs is 3. The Morgan fingerprint density at radius 1 is 1.25 bits per heavy atom. The van der Waals surface area contributed by atoms with Gasteiger partial charge in [-0.1, -0.05) is 25.1 Å². The number of thiazole rings is 1. The van der Waals surface area contributed by atoms with Crippen molar-refractivity contribution >= 4 is 45.4 Å². The van der Waals surface area contributed by atoms with E-state index in [1.165, 1.54) is 29.5 Å². The van der Waals surface area contributed by atoms with Crippen LogP contribution in [0.2, 0.25) is 0 Å². The van der Waals surface area contributed by atoms with E-state index in [4.69, 9.17) is 9.47 Å². The molecule has 3 aliphatic rings. The molecule has 0 spiro atoms. The number of amides is 1. The summed E-state index contributed by atoms with van der Waals surface area (Å²) in [5, 5.41) is 10.2. The van der Waals surface area contributed by atoms with Gasteiger partial charge in [-0.15, -0.1) is 11.3 Å². The van der Waals surface area contributed by atoms with Gasteiger partial charge in [0.25, 0.3) is 6.29 Å². The number of imidazole rings is 1. The van der Waals surface area contributed by atoms with E-state index < -0.39 is 36.3 Å². The van der Waals surface area contributed by atoms with Gasteiger partial charge >= 0.3 is 11.9 Å². The lowest BCUT2D eigenvalue weighted by atomic mass is 9.77. The molecule has 5 heterocycles. The topological polar surface area (TPSA) is 128 Å². The number of aromatic nitrogens is 2. The molecule has 2 unspecified atom stereocenters. The first-order valence-corrected chi connectivity index (χ1v) is 12.2. The lowest BCUT2D eigenvalue weighted by Gasteiger charge is -2.46. The third-order valence-electron chi connectivity index (χ3n) is 7.04. The Hall–Kier alpha value is -3.83. The summed E-state index contributed by atoms with van der Waals surface area (Å²) in [6.45, 7) is 4.87. The third kappa shape index (κ3) is 3.02. The van der Waals surface area contributed by atoms with E-state index in [2.05, 4.69) is 4.98 Å². The van der Waals surface area contributed by atoms with Crippen molar-refractivity contribution in [2.24, 2.45) is 11.8 Å². The SMILES string of the molecule is CC(=O)c1ncn2cc(C3=C(C(=O)OC4OC(=O)c5ccccc54)N4C(=O)[C@H]([C@@H](C)O)[C@@H]4C3C)sc12. The maximum absolute atomic E-state index is 13.6. The van der Waals surface area contributed by atoms with Crippen molar-refractivity contribution in [2.75, 3.05) is 0 Å². The lowest BCUT2D eigenvalue weighted by Crippen LogP contribution is -2.63. The highest BCUT2D eigenvalue weighted by Crippen LogP contribution is 2.52. The number of hydrogen-bond acceptors (Lipinski definition) is 9. The molecule has 1 fully saturated rings. The van der Waals surface area contributed by atoms with Crippen LogP contribution < -0.4 is 0 Å². The summed E-state index contributed by atoms with van der Waals surface area (Å²) in [7, 11) is 0. The van der Waals surface area contributed by atoms with E-state index in [0.717, 1.165) is 0 Å². The van der Waals surface area contributed by atoms with Gasteiger partial charge in [0.1, 0.15) is 22.5 Å². The number of aliphatic hydroxyl groups excluding tert-OH is 1. The minimum Gasteiger partial charge on any atom is -0.417 e. The zero-order valence-electron chi connectivity index (χ0n) is 19.5. The molecule has 6 rings (SSSR count). The van der Waals surface area contributed by atoms with Crippen LogP contribution in [0, 0.1) is 11.8 Å². The number of ketones is 1. The molecule has 0 aliphatic carbocycles. The van der Waals surface area contributed by atoms with Crippen LogP contribution in [0.3, 0.4) is 0 Å². The van der Waals surface area contributed by atoms with Crippen LogP contribution in [0.15, 0.2) is 42.5 Å². The molecule has 0 radical (unpaired) electrons. The van der Waals surface area contributed by atoms with Crippen molar-refractivity contribution in [1.82, 2.24) is 14.3 Å². The lowest BCUT2D eigenvalue weighted by molar-refractivity contribution is -0.173. The van der Waals surface area contributed by atoms with Gasteiger partial charge in [-0.2, -0.15) is 0 Å². The predicted molar refractivity (Wildman–Crippen MR) is 126 cm³/mol. The first-order chi connectivity index (χ1) is 17.2. The van der Waals surface area contributed by atoms with Crippen molar-refractivity contribution in [2.45, 2.75) is 39.2 Å². The fourth-order valence-electron chi connectivity index (χ4n) is 5.40. The van der Waals surface area contributed by atoms with E-state index in [9.17, 15) is 24.3 Å². The highest BCUT2D eigenvalue weighted by molar-refractivity contribution is 7.18. The van der Waals surface area contributed by atoms with Crippen molar-refractivity contribution < 1.29 is 33.8 Å².